The molecule has 2 aromatic heterocycles. The number of carbonyl (C=O) groups excluding carboxylic acids is 2. The lowest BCUT2D eigenvalue weighted by molar-refractivity contribution is 0.0706. The van der Waals surface area contributed by atoms with E-state index in [-0.39, 0.29) is 24.1 Å². The van der Waals surface area contributed by atoms with Crippen molar-refractivity contribution in [2.45, 2.75) is 51.7 Å². The van der Waals surface area contributed by atoms with Crippen LogP contribution in [0.5, 0.6) is 5.88 Å². The Morgan fingerprint density at radius 2 is 2.07 bits per heavy atom. The molecule has 1 N–H and O–H groups in total. The molecule has 0 bridgehead atoms. The van der Waals surface area contributed by atoms with Gasteiger partial charge in [-0.3, -0.25) is 14.6 Å². The zero-order chi connectivity index (χ0) is 19.7. The summed E-state index contributed by atoms with van der Waals surface area (Å²) in [5, 5.41) is 2.80. The van der Waals surface area contributed by atoms with Gasteiger partial charge in [-0.15, -0.1) is 0 Å². The van der Waals surface area contributed by atoms with Gasteiger partial charge in [-0.2, -0.15) is 0 Å². The lowest BCUT2D eigenvalue weighted by Crippen LogP contribution is -2.33. The Bertz CT molecular complexity index is 907. The van der Waals surface area contributed by atoms with Gasteiger partial charge in [0.1, 0.15) is 5.69 Å². The molecule has 2 amide bonds. The molecule has 4 rings (SSSR count). The molecule has 0 spiro atoms. The Balaban J connectivity index is 1.51. The Morgan fingerprint density at radius 1 is 1.29 bits per heavy atom. The van der Waals surface area contributed by atoms with Crippen molar-refractivity contribution >= 4 is 11.8 Å². The van der Waals surface area contributed by atoms with E-state index in [0.29, 0.717) is 29.6 Å². The van der Waals surface area contributed by atoms with Gasteiger partial charge in [0, 0.05) is 24.3 Å². The number of carbonyl (C=O) groups is 2. The van der Waals surface area contributed by atoms with Crippen LogP contribution in [0, 0.1) is 6.92 Å². The second kappa shape index (κ2) is 7.53. The molecular weight excluding hydrogens is 358 g/mol. The fourth-order valence-electron chi connectivity index (χ4n) is 3.86. The van der Waals surface area contributed by atoms with Crippen LogP contribution in [0.4, 0.5) is 0 Å². The number of amides is 2. The topological polar surface area (TPSA) is 97.3 Å². The Kier molecular flexibility index (Phi) is 4.93. The summed E-state index contributed by atoms with van der Waals surface area (Å²) >= 11 is 0. The number of nitrogens with zero attached hydrogens (tertiary/aromatic N) is 4. The fraction of sp³-hybridized carbons (Fsp3) is 0.450. The van der Waals surface area contributed by atoms with Crippen molar-refractivity contribution in [3.8, 4) is 5.88 Å². The van der Waals surface area contributed by atoms with Gasteiger partial charge in [-0.05, 0) is 25.8 Å². The van der Waals surface area contributed by atoms with Gasteiger partial charge in [0.25, 0.3) is 11.8 Å². The zero-order valence-electron chi connectivity index (χ0n) is 16.1. The number of hydrogen-bond acceptors (Lipinski definition) is 6. The summed E-state index contributed by atoms with van der Waals surface area (Å²) in [6.07, 6.45) is 7.42. The number of methoxy groups -OCH3 is 1. The van der Waals surface area contributed by atoms with E-state index in [9.17, 15) is 9.59 Å². The van der Waals surface area contributed by atoms with Crippen molar-refractivity contribution in [1.82, 2.24) is 25.2 Å². The fourth-order valence-corrected chi connectivity index (χ4v) is 3.86. The number of ether oxygens (including phenoxy) is 1. The van der Waals surface area contributed by atoms with E-state index < -0.39 is 0 Å². The van der Waals surface area contributed by atoms with Crippen molar-refractivity contribution in [1.29, 1.82) is 0 Å². The Morgan fingerprint density at radius 3 is 2.75 bits per heavy atom. The monoisotopic (exact) mass is 381 g/mol. The molecule has 0 aromatic carbocycles. The second-order valence-electron chi connectivity index (χ2n) is 7.25. The second-order valence-corrected chi connectivity index (χ2v) is 7.25. The molecule has 0 unspecified atom stereocenters. The van der Waals surface area contributed by atoms with Crippen LogP contribution in [-0.2, 0) is 13.1 Å². The summed E-state index contributed by atoms with van der Waals surface area (Å²) in [6.45, 7) is 2.52. The number of hydrogen-bond donors (Lipinski definition) is 1. The predicted molar refractivity (Wildman–Crippen MR) is 101 cm³/mol. The lowest BCUT2D eigenvalue weighted by atomic mass is 10.1. The molecular formula is C20H23N5O3. The Hall–Kier alpha value is -3.03. The summed E-state index contributed by atoms with van der Waals surface area (Å²) in [7, 11) is 1.54. The van der Waals surface area contributed by atoms with Crippen molar-refractivity contribution < 1.29 is 14.3 Å². The smallest absolute Gasteiger partial charge is 0.271 e. The normalized spacial score (nSPS) is 16.4. The third-order valence-electron chi connectivity index (χ3n) is 5.36. The molecule has 3 heterocycles. The molecule has 0 radical (unpaired) electrons. The number of aryl methyl sites for hydroxylation is 1. The van der Waals surface area contributed by atoms with E-state index in [1.54, 1.807) is 12.3 Å². The van der Waals surface area contributed by atoms with Gasteiger partial charge in [-0.1, -0.05) is 12.8 Å². The van der Waals surface area contributed by atoms with Crippen molar-refractivity contribution in [3.05, 3.63) is 46.7 Å². The molecule has 1 saturated carbocycles. The van der Waals surface area contributed by atoms with E-state index in [0.717, 1.165) is 24.2 Å². The standard InChI is InChI=1S/C20H23N5O3/c1-12-8-22-16(10-21-12)18(26)23-9-13-7-15-17(24-19(13)28-2)11-25(20(15)27)14-5-3-4-6-14/h7-8,10,14H,3-6,9,11H2,1-2H3,(H,23,26). The van der Waals surface area contributed by atoms with Crippen LogP contribution in [0.2, 0.25) is 0 Å². The first-order valence-electron chi connectivity index (χ1n) is 9.51. The third kappa shape index (κ3) is 3.42. The summed E-state index contributed by atoms with van der Waals surface area (Å²) < 4.78 is 5.40. The van der Waals surface area contributed by atoms with Crippen molar-refractivity contribution in [2.75, 3.05) is 7.11 Å². The number of aromatic nitrogens is 3. The van der Waals surface area contributed by atoms with Crippen molar-refractivity contribution in [2.24, 2.45) is 0 Å². The molecule has 2 aliphatic rings. The van der Waals surface area contributed by atoms with Crippen LogP contribution in [0.1, 0.15) is 63.5 Å². The highest BCUT2D eigenvalue weighted by Gasteiger charge is 2.35. The van der Waals surface area contributed by atoms with Gasteiger partial charge in [0.15, 0.2) is 0 Å². The van der Waals surface area contributed by atoms with Crippen LogP contribution in [-0.4, -0.2) is 44.8 Å². The molecule has 2 aromatic rings. The molecule has 1 aliphatic heterocycles. The number of fused-ring (bicyclic) bond motifs is 1. The molecule has 1 fully saturated rings. The summed E-state index contributed by atoms with van der Waals surface area (Å²) in [4.78, 5) is 39.8. The number of nitrogens with one attached hydrogen (secondary N) is 1. The van der Waals surface area contributed by atoms with E-state index in [1.807, 2.05) is 11.8 Å². The first-order valence-corrected chi connectivity index (χ1v) is 9.51. The summed E-state index contributed by atoms with van der Waals surface area (Å²) in [6, 6.07) is 2.09. The zero-order valence-corrected chi connectivity index (χ0v) is 16.1. The van der Waals surface area contributed by atoms with Gasteiger partial charge in [0.05, 0.1) is 36.8 Å². The summed E-state index contributed by atoms with van der Waals surface area (Å²) in [5.74, 6) is 0.109. The van der Waals surface area contributed by atoms with E-state index >= 15 is 0 Å². The molecule has 146 valence electrons. The lowest BCUT2D eigenvalue weighted by Gasteiger charge is -2.22. The minimum atomic E-state index is -0.339. The van der Waals surface area contributed by atoms with E-state index in [1.165, 1.54) is 26.1 Å². The highest BCUT2D eigenvalue weighted by atomic mass is 16.5. The average Bonchev–Trinajstić information content (AvgIpc) is 3.34. The molecule has 0 atom stereocenters. The SMILES string of the molecule is COc1nc2c(cc1CNC(=O)c1cnc(C)cn1)C(=O)N(C1CCCC1)C2. The quantitative estimate of drug-likeness (QED) is 0.851. The van der Waals surface area contributed by atoms with Gasteiger partial charge >= 0.3 is 0 Å². The van der Waals surface area contributed by atoms with Gasteiger partial charge < -0.3 is 15.0 Å². The largest absolute Gasteiger partial charge is 0.481 e. The maximum atomic E-state index is 12.9. The van der Waals surface area contributed by atoms with E-state index in [4.69, 9.17) is 4.74 Å². The molecule has 0 saturated heterocycles. The minimum absolute atomic E-state index is 0.0223. The first-order chi connectivity index (χ1) is 13.6. The van der Waals surface area contributed by atoms with Crippen LogP contribution in [0.25, 0.3) is 0 Å². The average molecular weight is 381 g/mol. The van der Waals surface area contributed by atoms with Gasteiger partial charge in [0.2, 0.25) is 5.88 Å². The first kappa shape index (κ1) is 18.3. The van der Waals surface area contributed by atoms with Crippen LogP contribution < -0.4 is 10.1 Å². The predicted octanol–water partition coefficient (Wildman–Crippen LogP) is 2.02. The van der Waals surface area contributed by atoms with E-state index in [2.05, 4.69) is 20.3 Å². The van der Waals surface area contributed by atoms with Crippen LogP contribution in [0.3, 0.4) is 0 Å². The maximum Gasteiger partial charge on any atom is 0.271 e. The molecule has 28 heavy (non-hydrogen) atoms. The number of rotatable bonds is 5. The maximum absolute atomic E-state index is 12.9. The van der Waals surface area contributed by atoms with Crippen molar-refractivity contribution in [3.63, 3.8) is 0 Å². The minimum Gasteiger partial charge on any atom is -0.481 e. The van der Waals surface area contributed by atoms with Crippen LogP contribution in [0.15, 0.2) is 18.5 Å². The highest BCUT2D eigenvalue weighted by molar-refractivity contribution is 5.98. The molecule has 8 nitrogen and oxygen atoms in total. The highest BCUT2D eigenvalue weighted by Crippen LogP contribution is 2.33. The Labute approximate surface area is 163 Å². The molecule has 8 heteroatoms. The summed E-state index contributed by atoms with van der Waals surface area (Å²) in [5.41, 5.74) is 2.99. The van der Waals surface area contributed by atoms with Gasteiger partial charge in [-0.25, -0.2) is 9.97 Å². The third-order valence-corrected chi connectivity index (χ3v) is 5.36. The number of pyridine rings is 1. The van der Waals surface area contributed by atoms with Crippen LogP contribution >= 0.6 is 0 Å². The molecule has 1 aliphatic carbocycles.